The van der Waals surface area contributed by atoms with E-state index in [1.54, 1.807) is 0 Å². The molecule has 2 unspecified atom stereocenters. The molecule has 4 nitrogen and oxygen atoms in total. The van der Waals surface area contributed by atoms with Gasteiger partial charge in [-0.3, -0.25) is 0 Å². The van der Waals surface area contributed by atoms with Crippen molar-refractivity contribution in [2.75, 3.05) is 32.9 Å². The first-order valence-corrected chi connectivity index (χ1v) is 6.30. The number of ether oxygens (including phenoxy) is 2. The summed E-state index contributed by atoms with van der Waals surface area (Å²) >= 11 is 0. The van der Waals surface area contributed by atoms with Crippen molar-refractivity contribution in [2.24, 2.45) is 5.92 Å². The zero-order valence-corrected chi connectivity index (χ0v) is 10.4. The molecule has 96 valence electrons. The molecule has 16 heavy (non-hydrogen) atoms. The number of aliphatic hydroxyl groups excluding tert-OH is 1. The van der Waals surface area contributed by atoms with E-state index in [0.29, 0.717) is 13.2 Å². The van der Waals surface area contributed by atoms with Crippen LogP contribution in [0.15, 0.2) is 0 Å². The Hall–Kier alpha value is -0.160. The molecule has 0 radical (unpaired) electrons. The maximum atomic E-state index is 9.60. The van der Waals surface area contributed by atoms with Gasteiger partial charge in [-0.2, -0.15) is 0 Å². The second-order valence-electron chi connectivity index (χ2n) is 4.56. The van der Waals surface area contributed by atoms with Crippen molar-refractivity contribution in [3.63, 3.8) is 0 Å². The lowest BCUT2D eigenvalue weighted by Crippen LogP contribution is -2.35. The van der Waals surface area contributed by atoms with Crippen LogP contribution in [0.4, 0.5) is 0 Å². The van der Waals surface area contributed by atoms with E-state index in [-0.39, 0.29) is 6.10 Å². The molecule has 1 rings (SSSR count). The number of nitrogens with one attached hydrogen (secondary N) is 1. The summed E-state index contributed by atoms with van der Waals surface area (Å²) in [5, 5.41) is 12.8. The van der Waals surface area contributed by atoms with Crippen LogP contribution in [0.1, 0.15) is 26.7 Å². The third-order valence-electron chi connectivity index (χ3n) is 2.62. The minimum Gasteiger partial charge on any atom is -0.389 e. The standard InChI is InChI=1S/C12H25NO3/c1-3-16-10(2)6-13-7-12(14)9-15-8-11-4-5-11/h10-14H,3-9H2,1-2H3. The first-order valence-electron chi connectivity index (χ1n) is 6.30. The lowest BCUT2D eigenvalue weighted by molar-refractivity contribution is 0.0283. The zero-order chi connectivity index (χ0) is 11.8. The van der Waals surface area contributed by atoms with E-state index < -0.39 is 6.10 Å². The van der Waals surface area contributed by atoms with Gasteiger partial charge in [-0.25, -0.2) is 0 Å². The molecule has 0 aromatic heterocycles. The van der Waals surface area contributed by atoms with Crippen LogP contribution in [0.2, 0.25) is 0 Å². The van der Waals surface area contributed by atoms with E-state index in [1.807, 2.05) is 13.8 Å². The molecule has 0 spiro atoms. The number of aliphatic hydroxyl groups is 1. The maximum absolute atomic E-state index is 9.60. The molecule has 2 atom stereocenters. The van der Waals surface area contributed by atoms with Crippen LogP contribution in [0.25, 0.3) is 0 Å². The Bertz CT molecular complexity index is 174. The highest BCUT2D eigenvalue weighted by atomic mass is 16.5. The molecule has 0 aromatic carbocycles. The molecular weight excluding hydrogens is 206 g/mol. The quantitative estimate of drug-likeness (QED) is 0.583. The second kappa shape index (κ2) is 8.01. The molecule has 1 fully saturated rings. The van der Waals surface area contributed by atoms with E-state index in [2.05, 4.69) is 5.32 Å². The molecular formula is C12H25NO3. The topological polar surface area (TPSA) is 50.7 Å². The summed E-state index contributed by atoms with van der Waals surface area (Å²) in [6.45, 7) is 7.33. The molecule has 1 saturated carbocycles. The van der Waals surface area contributed by atoms with Crippen molar-refractivity contribution in [3.05, 3.63) is 0 Å². The second-order valence-corrected chi connectivity index (χ2v) is 4.56. The average molecular weight is 231 g/mol. The van der Waals surface area contributed by atoms with Crippen LogP contribution in [-0.2, 0) is 9.47 Å². The molecule has 0 aliphatic heterocycles. The molecule has 1 aliphatic rings. The first-order chi connectivity index (χ1) is 7.72. The normalized spacial score (nSPS) is 19.7. The largest absolute Gasteiger partial charge is 0.389 e. The monoisotopic (exact) mass is 231 g/mol. The van der Waals surface area contributed by atoms with Crippen molar-refractivity contribution in [1.29, 1.82) is 0 Å². The molecule has 0 saturated heterocycles. The van der Waals surface area contributed by atoms with Crippen LogP contribution in [0, 0.1) is 5.92 Å². The van der Waals surface area contributed by atoms with Gasteiger partial charge in [-0.05, 0) is 32.6 Å². The Morgan fingerprint density at radius 1 is 1.38 bits per heavy atom. The summed E-state index contributed by atoms with van der Waals surface area (Å²) in [6.07, 6.45) is 2.37. The minimum atomic E-state index is -0.410. The Morgan fingerprint density at radius 2 is 2.12 bits per heavy atom. The van der Waals surface area contributed by atoms with Crippen molar-refractivity contribution >= 4 is 0 Å². The van der Waals surface area contributed by atoms with Crippen molar-refractivity contribution in [2.45, 2.75) is 38.9 Å². The van der Waals surface area contributed by atoms with Gasteiger partial charge >= 0.3 is 0 Å². The summed E-state index contributed by atoms with van der Waals surface area (Å²) in [6, 6.07) is 0. The SMILES string of the molecule is CCOC(C)CNCC(O)COCC1CC1. The fourth-order valence-electron chi connectivity index (χ4n) is 1.51. The van der Waals surface area contributed by atoms with E-state index in [1.165, 1.54) is 12.8 Å². The van der Waals surface area contributed by atoms with Crippen LogP contribution in [0.3, 0.4) is 0 Å². The summed E-state index contributed by atoms with van der Waals surface area (Å²) < 4.78 is 10.8. The van der Waals surface area contributed by atoms with Gasteiger partial charge in [0.1, 0.15) is 0 Å². The molecule has 4 heteroatoms. The molecule has 0 aromatic rings. The minimum absolute atomic E-state index is 0.199. The smallest absolute Gasteiger partial charge is 0.0897 e. The predicted molar refractivity (Wildman–Crippen MR) is 63.5 cm³/mol. The average Bonchev–Trinajstić information content (AvgIpc) is 3.02. The molecule has 1 aliphatic carbocycles. The molecule has 2 N–H and O–H groups in total. The number of hydrogen-bond acceptors (Lipinski definition) is 4. The number of hydrogen-bond donors (Lipinski definition) is 2. The summed E-state index contributed by atoms with van der Waals surface area (Å²) in [4.78, 5) is 0. The Labute approximate surface area is 98.3 Å². The third kappa shape index (κ3) is 7.17. The molecule has 0 heterocycles. The van der Waals surface area contributed by atoms with Gasteiger partial charge in [-0.1, -0.05) is 0 Å². The Kier molecular flexibility index (Phi) is 6.96. The first kappa shape index (κ1) is 13.9. The van der Waals surface area contributed by atoms with Gasteiger partial charge in [0, 0.05) is 26.3 Å². The highest BCUT2D eigenvalue weighted by Gasteiger charge is 2.21. The summed E-state index contributed by atoms with van der Waals surface area (Å²) in [5.74, 6) is 0.762. The van der Waals surface area contributed by atoms with Crippen LogP contribution in [0.5, 0.6) is 0 Å². The number of rotatable bonds is 10. The molecule has 0 amide bonds. The van der Waals surface area contributed by atoms with Crippen molar-refractivity contribution in [3.8, 4) is 0 Å². The van der Waals surface area contributed by atoms with Crippen LogP contribution in [-0.4, -0.2) is 50.2 Å². The van der Waals surface area contributed by atoms with Gasteiger partial charge in [0.25, 0.3) is 0 Å². The van der Waals surface area contributed by atoms with Crippen molar-refractivity contribution < 1.29 is 14.6 Å². The van der Waals surface area contributed by atoms with E-state index in [0.717, 1.165) is 25.7 Å². The zero-order valence-electron chi connectivity index (χ0n) is 10.4. The van der Waals surface area contributed by atoms with Gasteiger partial charge in [-0.15, -0.1) is 0 Å². The maximum Gasteiger partial charge on any atom is 0.0897 e. The van der Waals surface area contributed by atoms with Crippen LogP contribution < -0.4 is 5.32 Å². The lowest BCUT2D eigenvalue weighted by atomic mass is 10.3. The van der Waals surface area contributed by atoms with Crippen molar-refractivity contribution in [1.82, 2.24) is 5.32 Å². The third-order valence-corrected chi connectivity index (χ3v) is 2.62. The van der Waals surface area contributed by atoms with E-state index in [9.17, 15) is 5.11 Å². The summed E-state index contributed by atoms with van der Waals surface area (Å²) in [7, 11) is 0. The van der Waals surface area contributed by atoms with Gasteiger partial charge in [0.2, 0.25) is 0 Å². The highest BCUT2D eigenvalue weighted by Crippen LogP contribution is 2.28. The van der Waals surface area contributed by atoms with E-state index in [4.69, 9.17) is 9.47 Å². The molecule has 0 bridgehead atoms. The lowest BCUT2D eigenvalue weighted by Gasteiger charge is -2.15. The Balaban J connectivity index is 1.86. The fourth-order valence-corrected chi connectivity index (χ4v) is 1.51. The summed E-state index contributed by atoms with van der Waals surface area (Å²) in [5.41, 5.74) is 0. The van der Waals surface area contributed by atoms with Gasteiger partial charge < -0.3 is 19.9 Å². The van der Waals surface area contributed by atoms with Crippen LogP contribution >= 0.6 is 0 Å². The van der Waals surface area contributed by atoms with Gasteiger partial charge in [0.15, 0.2) is 0 Å². The fraction of sp³-hybridized carbons (Fsp3) is 1.00. The predicted octanol–water partition coefficient (Wildman–Crippen LogP) is 0.788. The van der Waals surface area contributed by atoms with Gasteiger partial charge in [0.05, 0.1) is 18.8 Å². The highest BCUT2D eigenvalue weighted by molar-refractivity contribution is 4.72. The Morgan fingerprint density at radius 3 is 2.75 bits per heavy atom. The van der Waals surface area contributed by atoms with E-state index >= 15 is 0 Å².